The summed E-state index contributed by atoms with van der Waals surface area (Å²) in [4.78, 5) is 63.6. The molecule has 4 fully saturated rings. The quantitative estimate of drug-likeness (QED) is 0.194. The van der Waals surface area contributed by atoms with Gasteiger partial charge in [-0.3, -0.25) is 14.5 Å². The maximum absolute atomic E-state index is 14.2. The number of urea groups is 1. The zero-order valence-electron chi connectivity index (χ0n) is 35.2. The van der Waals surface area contributed by atoms with Crippen molar-refractivity contribution < 1.29 is 38.5 Å². The van der Waals surface area contributed by atoms with Crippen molar-refractivity contribution >= 4 is 41.3 Å². The summed E-state index contributed by atoms with van der Waals surface area (Å²) in [5, 5.41) is 13.5. The number of aromatic hydroxyl groups is 1. The van der Waals surface area contributed by atoms with Gasteiger partial charge in [0.15, 0.2) is 6.10 Å². The van der Waals surface area contributed by atoms with Crippen molar-refractivity contribution in [2.75, 3.05) is 97.1 Å². The highest BCUT2D eigenvalue weighted by Gasteiger charge is 2.37. The Labute approximate surface area is 359 Å². The van der Waals surface area contributed by atoms with E-state index in [9.17, 15) is 24.3 Å². The third kappa shape index (κ3) is 11.6. The van der Waals surface area contributed by atoms with Gasteiger partial charge in [-0.15, -0.1) is 0 Å². The number of morpholine rings is 1. The van der Waals surface area contributed by atoms with E-state index in [0.29, 0.717) is 81.6 Å². The minimum atomic E-state index is -1.05. The number of anilines is 1. The van der Waals surface area contributed by atoms with E-state index in [2.05, 4.69) is 15.1 Å². The largest absolute Gasteiger partial charge is 0.506 e. The van der Waals surface area contributed by atoms with Crippen LogP contribution in [0.3, 0.4) is 0 Å². The van der Waals surface area contributed by atoms with Gasteiger partial charge in [0.25, 0.3) is 5.91 Å². The molecule has 0 aromatic heterocycles. The highest BCUT2D eigenvalue weighted by atomic mass is 35.5. The molecule has 7 rings (SSSR count). The van der Waals surface area contributed by atoms with E-state index in [0.717, 1.165) is 102 Å². The monoisotopic (exact) mass is 850 g/mol. The fraction of sp³-hybridized carbons (Fsp3) is 0.644. The predicted octanol–water partition coefficient (Wildman–Crippen LogP) is 5.56. The number of phenols is 1. The van der Waals surface area contributed by atoms with E-state index in [1.54, 1.807) is 24.0 Å². The third-order valence-electron chi connectivity index (χ3n) is 13.3. The number of fused-ring (bicyclic) bond motifs is 1. The predicted molar refractivity (Wildman–Crippen MR) is 228 cm³/mol. The summed E-state index contributed by atoms with van der Waals surface area (Å²) in [6.07, 6.45) is 5.70. The lowest BCUT2D eigenvalue weighted by atomic mass is 9.78. The number of halogens is 1. The van der Waals surface area contributed by atoms with Crippen LogP contribution in [0, 0.1) is 18.8 Å². The lowest BCUT2D eigenvalue weighted by molar-refractivity contribution is -0.144. The summed E-state index contributed by atoms with van der Waals surface area (Å²) in [5.41, 5.74) is 3.24. The number of para-hydroxylation sites is 1. The lowest BCUT2D eigenvalue weighted by Gasteiger charge is -2.41. The number of likely N-dealkylation sites (tertiary alicyclic amines) is 3. The molecule has 5 aliphatic heterocycles. The van der Waals surface area contributed by atoms with Crippen LogP contribution in [0.5, 0.6) is 5.75 Å². The second kappa shape index (κ2) is 21.1. The van der Waals surface area contributed by atoms with Crippen molar-refractivity contribution in [1.82, 2.24) is 24.5 Å². The summed E-state index contributed by atoms with van der Waals surface area (Å²) in [6.45, 7) is 11.8. The molecule has 2 aromatic rings. The number of phenolic OH excluding ortho intramolecular Hbond substituents is 1. The number of rotatable bonds is 13. The van der Waals surface area contributed by atoms with Crippen LogP contribution in [0.15, 0.2) is 36.4 Å². The highest BCUT2D eigenvalue weighted by Crippen LogP contribution is 2.34. The number of hydrogen-bond donors (Lipinski definition) is 2. The SMILES string of the molecule is Cc1cc(C[C@@H](OC(=O)N2CCC(N3CCc4ccccc4NC3=O)CC2)C(=O)N2CCC(C3CCN(CCC(=O)OCCCN4CCOCC4)CC3)CC2)cc(Cl)c1O. The maximum Gasteiger partial charge on any atom is 0.410 e. The van der Waals surface area contributed by atoms with E-state index < -0.39 is 12.2 Å². The Morgan fingerprint density at radius 1 is 0.867 bits per heavy atom. The Balaban J connectivity index is 0.866. The summed E-state index contributed by atoms with van der Waals surface area (Å²) >= 11 is 6.34. The fourth-order valence-corrected chi connectivity index (χ4v) is 9.97. The van der Waals surface area contributed by atoms with Crippen LogP contribution in [0.25, 0.3) is 0 Å². The number of carbonyl (C=O) groups excluding carboxylic acids is 4. The van der Waals surface area contributed by atoms with Crippen molar-refractivity contribution in [3.63, 3.8) is 0 Å². The molecule has 5 heterocycles. The highest BCUT2D eigenvalue weighted by molar-refractivity contribution is 6.32. The van der Waals surface area contributed by atoms with Gasteiger partial charge >= 0.3 is 18.1 Å². The first kappa shape index (κ1) is 44.0. The van der Waals surface area contributed by atoms with Gasteiger partial charge in [0.2, 0.25) is 0 Å². The van der Waals surface area contributed by atoms with Crippen molar-refractivity contribution in [1.29, 1.82) is 0 Å². The second-order valence-corrected chi connectivity index (χ2v) is 17.6. The molecular weight excluding hydrogens is 788 g/mol. The molecule has 0 unspecified atom stereocenters. The number of piperidine rings is 3. The van der Waals surface area contributed by atoms with Crippen molar-refractivity contribution in [2.24, 2.45) is 11.8 Å². The molecule has 1 atom stereocenters. The van der Waals surface area contributed by atoms with E-state index in [1.807, 2.05) is 34.1 Å². The smallest absolute Gasteiger partial charge is 0.410 e. The average molecular weight is 851 g/mol. The van der Waals surface area contributed by atoms with Gasteiger partial charge in [-0.1, -0.05) is 35.9 Å². The van der Waals surface area contributed by atoms with Gasteiger partial charge < -0.3 is 44.2 Å². The van der Waals surface area contributed by atoms with Gasteiger partial charge in [0.1, 0.15) is 5.75 Å². The lowest BCUT2D eigenvalue weighted by Crippen LogP contribution is -2.52. The summed E-state index contributed by atoms with van der Waals surface area (Å²) < 4.78 is 17.0. The molecule has 2 aromatic carbocycles. The number of aryl methyl sites for hydroxylation is 1. The molecular formula is C45H63ClN6O8. The number of nitrogens with zero attached hydrogens (tertiary/aromatic N) is 5. The molecule has 4 amide bonds. The number of amides is 4. The molecule has 14 nitrogen and oxygen atoms in total. The maximum atomic E-state index is 14.2. The first-order chi connectivity index (χ1) is 29.1. The average Bonchev–Trinajstić information content (AvgIpc) is 3.44. The molecule has 0 saturated carbocycles. The van der Waals surface area contributed by atoms with E-state index >= 15 is 0 Å². The number of benzene rings is 2. The van der Waals surface area contributed by atoms with Crippen LogP contribution < -0.4 is 5.32 Å². The van der Waals surface area contributed by atoms with Crippen molar-refractivity contribution in [3.05, 3.63) is 58.1 Å². The second-order valence-electron chi connectivity index (χ2n) is 17.2. The first-order valence-corrected chi connectivity index (χ1v) is 22.5. The molecule has 2 N–H and O–H groups in total. The van der Waals surface area contributed by atoms with E-state index in [4.69, 9.17) is 25.8 Å². The Morgan fingerprint density at radius 3 is 2.25 bits per heavy atom. The topological polar surface area (TPSA) is 144 Å². The molecule has 0 radical (unpaired) electrons. The fourth-order valence-electron chi connectivity index (χ4n) is 9.68. The number of carbonyl (C=O) groups is 4. The standard InChI is InChI=1S/C45H63ClN6O8/c1-32-29-33(30-38(46)42(32)54)31-40(60-45(57)51-21-12-37(13-22-51)52-23-11-36-5-2-3-6-39(36)47-44(52)56)43(55)50-19-9-35(10-20-50)34-7-16-49(17-8-34)18-14-41(53)59-26-4-15-48-24-27-58-28-25-48/h2-3,5-6,29-30,34-35,37,40,54H,4,7-28,31H2,1H3,(H,47,56)/t40-/m1/s1. The van der Waals surface area contributed by atoms with Crippen LogP contribution >= 0.6 is 11.6 Å². The van der Waals surface area contributed by atoms with Crippen LogP contribution in [-0.2, 0) is 36.6 Å². The summed E-state index contributed by atoms with van der Waals surface area (Å²) in [7, 11) is 0. The summed E-state index contributed by atoms with van der Waals surface area (Å²) in [6, 6.07) is 11.1. The Hall–Kier alpha value is -4.11. The Kier molecular flexibility index (Phi) is 15.5. The van der Waals surface area contributed by atoms with Crippen molar-refractivity contribution in [2.45, 2.75) is 83.3 Å². The zero-order valence-corrected chi connectivity index (χ0v) is 35.9. The zero-order chi connectivity index (χ0) is 42.0. The first-order valence-electron chi connectivity index (χ1n) is 22.2. The molecule has 0 spiro atoms. The van der Waals surface area contributed by atoms with Gasteiger partial charge in [-0.05, 0) is 112 Å². The van der Waals surface area contributed by atoms with Crippen LogP contribution in [0.4, 0.5) is 15.3 Å². The molecule has 328 valence electrons. The number of hydrogen-bond acceptors (Lipinski definition) is 10. The number of nitrogens with one attached hydrogen (secondary N) is 1. The molecule has 5 aliphatic rings. The minimum absolute atomic E-state index is 0.00813. The molecule has 0 aliphatic carbocycles. The Bertz CT molecular complexity index is 1760. The normalized spacial score (nSPS) is 20.9. The summed E-state index contributed by atoms with van der Waals surface area (Å²) in [5.74, 6) is 0.723. The van der Waals surface area contributed by atoms with Crippen molar-refractivity contribution in [3.8, 4) is 5.75 Å². The third-order valence-corrected chi connectivity index (χ3v) is 13.6. The molecule has 0 bridgehead atoms. The Morgan fingerprint density at radius 2 is 1.53 bits per heavy atom. The molecule has 4 saturated heterocycles. The number of esters is 1. The van der Waals surface area contributed by atoms with Crippen LogP contribution in [0.1, 0.15) is 68.1 Å². The molecule has 60 heavy (non-hydrogen) atoms. The van der Waals surface area contributed by atoms with E-state index in [-0.39, 0.29) is 41.1 Å². The van der Waals surface area contributed by atoms with Gasteiger partial charge in [0.05, 0.1) is 31.3 Å². The van der Waals surface area contributed by atoms with E-state index in [1.165, 1.54) is 0 Å². The number of ether oxygens (including phenoxy) is 3. The van der Waals surface area contributed by atoms with Crippen LogP contribution in [-0.4, -0.2) is 158 Å². The minimum Gasteiger partial charge on any atom is -0.506 e. The van der Waals surface area contributed by atoms with Gasteiger partial charge in [-0.25, -0.2) is 9.59 Å². The molecule has 15 heteroatoms. The van der Waals surface area contributed by atoms with Gasteiger partial charge in [-0.2, -0.15) is 0 Å². The van der Waals surface area contributed by atoms with Gasteiger partial charge in [0, 0.05) is 77.1 Å². The van der Waals surface area contributed by atoms with Crippen LogP contribution in [0.2, 0.25) is 5.02 Å².